The molecule has 1 aromatic heterocycles. The van der Waals surface area contributed by atoms with Crippen LogP contribution in [0.1, 0.15) is 16.7 Å². The number of aryl methyl sites for hydroxylation is 2. The van der Waals surface area contributed by atoms with Crippen LogP contribution in [0.25, 0.3) is 0 Å². The van der Waals surface area contributed by atoms with Gasteiger partial charge in [-0.1, -0.05) is 47.5 Å². The standard InChI is InChI=1S/C18H19N5S/c1-13-3-7-15(8-4-13)11-23-12-19-17(22-23)21-18(24)20-16-9-5-14(2)6-10-16/h3-10,12H,11H2,1-2H3,(H2,20,21,22,24). The van der Waals surface area contributed by atoms with Crippen LogP contribution in [0.3, 0.4) is 0 Å². The second-order valence-electron chi connectivity index (χ2n) is 5.70. The fourth-order valence-corrected chi connectivity index (χ4v) is 2.42. The Kier molecular flexibility index (Phi) is 4.86. The maximum Gasteiger partial charge on any atom is 0.248 e. The highest BCUT2D eigenvalue weighted by atomic mass is 32.1. The van der Waals surface area contributed by atoms with Gasteiger partial charge in [-0.2, -0.15) is 0 Å². The molecular formula is C18H19N5S. The molecule has 0 fully saturated rings. The van der Waals surface area contributed by atoms with Crippen LogP contribution in [0.2, 0.25) is 0 Å². The Morgan fingerprint density at radius 1 is 0.958 bits per heavy atom. The molecule has 0 unspecified atom stereocenters. The lowest BCUT2D eigenvalue weighted by atomic mass is 10.1. The maximum atomic E-state index is 5.29. The Bertz CT molecular complexity index is 821. The van der Waals surface area contributed by atoms with Crippen LogP contribution < -0.4 is 10.6 Å². The summed E-state index contributed by atoms with van der Waals surface area (Å²) in [5.41, 5.74) is 4.55. The van der Waals surface area contributed by atoms with E-state index in [1.807, 2.05) is 31.2 Å². The van der Waals surface area contributed by atoms with E-state index in [4.69, 9.17) is 12.2 Å². The van der Waals surface area contributed by atoms with Crippen LogP contribution in [0.4, 0.5) is 11.6 Å². The van der Waals surface area contributed by atoms with Crippen molar-refractivity contribution in [1.82, 2.24) is 14.8 Å². The Balaban J connectivity index is 1.58. The summed E-state index contributed by atoms with van der Waals surface area (Å²) in [4.78, 5) is 4.24. The third kappa shape index (κ3) is 4.39. The number of anilines is 2. The fourth-order valence-electron chi connectivity index (χ4n) is 2.21. The van der Waals surface area contributed by atoms with Crippen LogP contribution in [0, 0.1) is 13.8 Å². The average Bonchev–Trinajstić information content (AvgIpc) is 2.99. The molecule has 2 aromatic carbocycles. The minimum atomic E-state index is 0.465. The molecule has 0 spiro atoms. The molecule has 122 valence electrons. The topological polar surface area (TPSA) is 54.8 Å². The molecule has 0 bridgehead atoms. The highest BCUT2D eigenvalue weighted by molar-refractivity contribution is 7.80. The van der Waals surface area contributed by atoms with Gasteiger partial charge >= 0.3 is 0 Å². The normalized spacial score (nSPS) is 10.4. The number of rotatable bonds is 4. The summed E-state index contributed by atoms with van der Waals surface area (Å²) in [6.07, 6.45) is 1.69. The molecule has 0 aliphatic rings. The van der Waals surface area contributed by atoms with Gasteiger partial charge in [0.25, 0.3) is 0 Å². The van der Waals surface area contributed by atoms with Crippen molar-refractivity contribution < 1.29 is 0 Å². The van der Waals surface area contributed by atoms with Crippen LogP contribution in [0.15, 0.2) is 54.9 Å². The summed E-state index contributed by atoms with van der Waals surface area (Å²) in [5, 5.41) is 11.0. The van der Waals surface area contributed by atoms with E-state index in [0.29, 0.717) is 17.6 Å². The zero-order valence-corrected chi connectivity index (χ0v) is 14.5. The molecule has 0 aliphatic heterocycles. The first kappa shape index (κ1) is 16.1. The zero-order valence-electron chi connectivity index (χ0n) is 13.7. The number of benzene rings is 2. The molecule has 0 amide bonds. The molecule has 0 aliphatic carbocycles. The summed E-state index contributed by atoms with van der Waals surface area (Å²) in [5.74, 6) is 0.478. The molecule has 3 aromatic rings. The summed E-state index contributed by atoms with van der Waals surface area (Å²) < 4.78 is 1.78. The second-order valence-corrected chi connectivity index (χ2v) is 6.10. The van der Waals surface area contributed by atoms with Gasteiger partial charge in [0.05, 0.1) is 6.54 Å². The van der Waals surface area contributed by atoms with Gasteiger partial charge in [-0.25, -0.2) is 9.67 Å². The molecule has 0 saturated heterocycles. The number of hydrogen-bond acceptors (Lipinski definition) is 3. The van der Waals surface area contributed by atoms with E-state index in [1.165, 1.54) is 16.7 Å². The third-order valence-electron chi connectivity index (χ3n) is 3.54. The van der Waals surface area contributed by atoms with Gasteiger partial charge in [0.15, 0.2) is 5.11 Å². The Labute approximate surface area is 146 Å². The van der Waals surface area contributed by atoms with E-state index >= 15 is 0 Å². The van der Waals surface area contributed by atoms with E-state index in [-0.39, 0.29) is 0 Å². The highest BCUT2D eigenvalue weighted by Crippen LogP contribution is 2.10. The van der Waals surface area contributed by atoms with Crippen molar-refractivity contribution in [3.8, 4) is 0 Å². The Morgan fingerprint density at radius 2 is 1.58 bits per heavy atom. The quantitative estimate of drug-likeness (QED) is 0.710. The fraction of sp³-hybridized carbons (Fsp3) is 0.167. The average molecular weight is 337 g/mol. The molecule has 2 N–H and O–H groups in total. The van der Waals surface area contributed by atoms with Crippen molar-refractivity contribution in [2.75, 3.05) is 10.6 Å². The van der Waals surface area contributed by atoms with Crippen molar-refractivity contribution in [2.24, 2.45) is 0 Å². The number of nitrogens with zero attached hydrogens (tertiary/aromatic N) is 3. The summed E-state index contributed by atoms with van der Waals surface area (Å²) in [6, 6.07) is 16.4. The predicted molar refractivity (Wildman–Crippen MR) is 101 cm³/mol. The molecule has 24 heavy (non-hydrogen) atoms. The van der Waals surface area contributed by atoms with Crippen molar-refractivity contribution >= 4 is 29.0 Å². The summed E-state index contributed by atoms with van der Waals surface area (Å²) in [7, 11) is 0. The summed E-state index contributed by atoms with van der Waals surface area (Å²) >= 11 is 5.29. The zero-order chi connectivity index (χ0) is 16.9. The third-order valence-corrected chi connectivity index (χ3v) is 3.74. The van der Waals surface area contributed by atoms with Gasteiger partial charge in [0.1, 0.15) is 6.33 Å². The van der Waals surface area contributed by atoms with Crippen LogP contribution in [-0.4, -0.2) is 19.9 Å². The van der Waals surface area contributed by atoms with Gasteiger partial charge in [-0.05, 0) is 43.8 Å². The first-order valence-corrected chi connectivity index (χ1v) is 8.09. The largest absolute Gasteiger partial charge is 0.332 e. The van der Waals surface area contributed by atoms with Crippen LogP contribution in [0.5, 0.6) is 0 Å². The van der Waals surface area contributed by atoms with Gasteiger partial charge < -0.3 is 5.32 Å². The van der Waals surface area contributed by atoms with Gasteiger partial charge in [0, 0.05) is 5.69 Å². The number of hydrogen-bond donors (Lipinski definition) is 2. The van der Waals surface area contributed by atoms with Crippen LogP contribution >= 0.6 is 12.2 Å². The molecule has 5 nitrogen and oxygen atoms in total. The molecule has 6 heteroatoms. The van der Waals surface area contributed by atoms with E-state index in [1.54, 1.807) is 11.0 Å². The summed E-state index contributed by atoms with van der Waals surface area (Å²) in [6.45, 7) is 4.79. The minimum Gasteiger partial charge on any atom is -0.332 e. The highest BCUT2D eigenvalue weighted by Gasteiger charge is 2.04. The molecular weight excluding hydrogens is 318 g/mol. The van der Waals surface area contributed by atoms with E-state index < -0.39 is 0 Å². The smallest absolute Gasteiger partial charge is 0.248 e. The molecule has 1 heterocycles. The first-order valence-electron chi connectivity index (χ1n) is 7.68. The SMILES string of the molecule is Cc1ccc(Cn2cnc(NC(=S)Nc3ccc(C)cc3)n2)cc1. The van der Waals surface area contributed by atoms with Gasteiger partial charge in [-0.15, -0.1) is 5.10 Å². The van der Waals surface area contributed by atoms with Gasteiger partial charge in [-0.3, -0.25) is 5.32 Å². The van der Waals surface area contributed by atoms with Crippen molar-refractivity contribution in [3.63, 3.8) is 0 Å². The lowest BCUT2D eigenvalue weighted by molar-refractivity contribution is 0.687. The number of aromatic nitrogens is 3. The lowest BCUT2D eigenvalue weighted by Crippen LogP contribution is -2.20. The first-order chi connectivity index (χ1) is 11.6. The monoisotopic (exact) mass is 337 g/mol. The van der Waals surface area contributed by atoms with E-state index in [2.05, 4.69) is 51.9 Å². The second kappa shape index (κ2) is 7.23. The van der Waals surface area contributed by atoms with Gasteiger partial charge in [0.2, 0.25) is 5.95 Å². The molecule has 0 atom stereocenters. The van der Waals surface area contributed by atoms with Crippen LogP contribution in [-0.2, 0) is 6.54 Å². The molecule has 0 radical (unpaired) electrons. The van der Waals surface area contributed by atoms with Crippen molar-refractivity contribution in [3.05, 3.63) is 71.5 Å². The van der Waals surface area contributed by atoms with Crippen molar-refractivity contribution in [2.45, 2.75) is 20.4 Å². The predicted octanol–water partition coefficient (Wildman–Crippen LogP) is 3.75. The van der Waals surface area contributed by atoms with Crippen molar-refractivity contribution in [1.29, 1.82) is 0 Å². The maximum absolute atomic E-state index is 5.29. The number of nitrogens with one attached hydrogen (secondary N) is 2. The lowest BCUT2D eigenvalue weighted by Gasteiger charge is -2.08. The Hall–Kier alpha value is -2.73. The Morgan fingerprint density at radius 3 is 2.25 bits per heavy atom. The van der Waals surface area contributed by atoms with E-state index in [9.17, 15) is 0 Å². The molecule has 0 saturated carbocycles. The number of thiocarbonyl (C=S) groups is 1. The van der Waals surface area contributed by atoms with E-state index in [0.717, 1.165) is 5.69 Å². The molecule has 3 rings (SSSR count). The minimum absolute atomic E-state index is 0.465.